The number of imide groups is 1. The van der Waals surface area contributed by atoms with Gasteiger partial charge in [-0.3, -0.25) is 14.5 Å². The van der Waals surface area contributed by atoms with Gasteiger partial charge in [0, 0.05) is 25.6 Å². The monoisotopic (exact) mass is 373 g/mol. The normalized spacial score (nSPS) is 24.9. The Hall–Kier alpha value is -2.41. The van der Waals surface area contributed by atoms with Gasteiger partial charge < -0.3 is 15.4 Å². The van der Waals surface area contributed by atoms with Crippen LogP contribution in [0.3, 0.4) is 0 Å². The van der Waals surface area contributed by atoms with E-state index in [0.717, 1.165) is 6.42 Å². The number of ether oxygens (including phenoxy) is 1. The second-order valence-electron chi connectivity index (χ2n) is 7.18. The lowest BCUT2D eigenvalue weighted by molar-refractivity contribution is -0.139. The Balaban J connectivity index is 1.50. The molecule has 1 saturated carbocycles. The van der Waals surface area contributed by atoms with Crippen LogP contribution in [0.1, 0.15) is 24.8 Å². The molecule has 7 heteroatoms. The highest BCUT2D eigenvalue weighted by Gasteiger charge is 2.45. The topological polar surface area (TPSA) is 87.7 Å². The van der Waals surface area contributed by atoms with Crippen LogP contribution in [-0.4, -0.2) is 55.6 Å². The molecule has 2 aliphatic rings. The lowest BCUT2D eigenvalue weighted by Gasteiger charge is -2.41. The predicted molar refractivity (Wildman–Crippen MR) is 99.9 cm³/mol. The van der Waals surface area contributed by atoms with Crippen molar-refractivity contribution in [3.05, 3.63) is 35.9 Å². The summed E-state index contributed by atoms with van der Waals surface area (Å²) in [4.78, 5) is 38.5. The van der Waals surface area contributed by atoms with Gasteiger partial charge in [-0.1, -0.05) is 30.3 Å². The van der Waals surface area contributed by atoms with Crippen molar-refractivity contribution in [1.29, 1.82) is 0 Å². The summed E-state index contributed by atoms with van der Waals surface area (Å²) in [7, 11) is 1.54. The summed E-state index contributed by atoms with van der Waals surface area (Å²) in [6, 6.07) is 9.36. The predicted octanol–water partition coefficient (Wildman–Crippen LogP) is 1.33. The van der Waals surface area contributed by atoms with E-state index in [1.165, 1.54) is 17.6 Å². The molecule has 27 heavy (non-hydrogen) atoms. The molecular formula is C20H27N3O4. The third-order valence-corrected chi connectivity index (χ3v) is 5.43. The summed E-state index contributed by atoms with van der Waals surface area (Å²) in [6.07, 6.45) is 2.58. The molecule has 4 amide bonds. The minimum Gasteiger partial charge on any atom is -0.383 e. The van der Waals surface area contributed by atoms with Crippen LogP contribution in [0, 0.1) is 11.8 Å². The summed E-state index contributed by atoms with van der Waals surface area (Å²) < 4.78 is 4.97. The fourth-order valence-corrected chi connectivity index (χ4v) is 3.91. The van der Waals surface area contributed by atoms with E-state index in [2.05, 4.69) is 10.6 Å². The maximum absolute atomic E-state index is 12.6. The van der Waals surface area contributed by atoms with E-state index in [9.17, 15) is 14.4 Å². The zero-order chi connectivity index (χ0) is 19.2. The molecule has 146 valence electrons. The molecule has 7 nitrogen and oxygen atoms in total. The molecule has 0 aromatic heterocycles. The van der Waals surface area contributed by atoms with Crippen molar-refractivity contribution in [2.45, 2.75) is 31.7 Å². The van der Waals surface area contributed by atoms with E-state index in [1.807, 2.05) is 30.3 Å². The van der Waals surface area contributed by atoms with Gasteiger partial charge in [0.05, 0.1) is 19.1 Å². The molecule has 2 N–H and O–H groups in total. The van der Waals surface area contributed by atoms with E-state index < -0.39 is 0 Å². The maximum Gasteiger partial charge on any atom is 0.324 e. The van der Waals surface area contributed by atoms with Gasteiger partial charge in [-0.2, -0.15) is 0 Å². The minimum atomic E-state index is -0.386. The van der Waals surface area contributed by atoms with Crippen molar-refractivity contribution in [2.24, 2.45) is 11.8 Å². The molecule has 3 rings (SSSR count). The van der Waals surface area contributed by atoms with Gasteiger partial charge in [0.1, 0.15) is 0 Å². The Morgan fingerprint density at radius 1 is 1.26 bits per heavy atom. The maximum atomic E-state index is 12.6. The van der Waals surface area contributed by atoms with Crippen molar-refractivity contribution in [3.8, 4) is 0 Å². The average Bonchev–Trinajstić information content (AvgIpc) is 2.68. The van der Waals surface area contributed by atoms with E-state index in [-0.39, 0.29) is 42.3 Å². The van der Waals surface area contributed by atoms with Gasteiger partial charge in [0.25, 0.3) is 0 Å². The molecule has 1 heterocycles. The Morgan fingerprint density at radius 2 is 2.04 bits per heavy atom. The summed E-state index contributed by atoms with van der Waals surface area (Å²) in [5.41, 5.74) is 1.18. The fraction of sp³-hybridized carbons (Fsp3) is 0.550. The summed E-state index contributed by atoms with van der Waals surface area (Å²) in [5.74, 6) is -0.551. The second kappa shape index (κ2) is 8.99. The number of rotatable bonds is 7. The number of amides is 4. The molecule has 3 atom stereocenters. The van der Waals surface area contributed by atoms with Gasteiger partial charge >= 0.3 is 6.03 Å². The van der Waals surface area contributed by atoms with Gasteiger partial charge in [-0.05, 0) is 31.2 Å². The van der Waals surface area contributed by atoms with E-state index >= 15 is 0 Å². The van der Waals surface area contributed by atoms with Crippen LogP contribution in [0.4, 0.5) is 4.79 Å². The van der Waals surface area contributed by atoms with Gasteiger partial charge in [-0.15, -0.1) is 0 Å². The number of hydrogen-bond acceptors (Lipinski definition) is 4. The smallest absolute Gasteiger partial charge is 0.324 e. The summed E-state index contributed by atoms with van der Waals surface area (Å²) in [6.45, 7) is 1.17. The van der Waals surface area contributed by atoms with Crippen molar-refractivity contribution < 1.29 is 19.1 Å². The first kappa shape index (κ1) is 19.4. The van der Waals surface area contributed by atoms with Gasteiger partial charge in [0.2, 0.25) is 11.8 Å². The van der Waals surface area contributed by atoms with Crippen LogP contribution < -0.4 is 10.6 Å². The van der Waals surface area contributed by atoms with Crippen LogP contribution in [0.5, 0.6) is 0 Å². The second-order valence-corrected chi connectivity index (χ2v) is 7.18. The van der Waals surface area contributed by atoms with Crippen molar-refractivity contribution >= 4 is 17.8 Å². The van der Waals surface area contributed by atoms with Gasteiger partial charge in [-0.25, -0.2) is 4.79 Å². The fourth-order valence-electron chi connectivity index (χ4n) is 3.91. The molecule has 1 aromatic carbocycles. The first-order valence-electron chi connectivity index (χ1n) is 9.52. The molecule has 1 aliphatic heterocycles. The van der Waals surface area contributed by atoms with Crippen molar-refractivity contribution in [3.63, 3.8) is 0 Å². The Labute approximate surface area is 159 Å². The standard InChI is InChI=1S/C20H27N3O4/c1-27-12-11-23-19(25)16-8-7-15(13-17(16)22-20(23)26)18(24)21-10-9-14-5-3-2-4-6-14/h2-6,15-17H,7-13H2,1H3,(H,21,24)(H,22,26). The highest BCUT2D eigenvalue weighted by molar-refractivity contribution is 5.99. The minimum absolute atomic E-state index is 0.00731. The van der Waals surface area contributed by atoms with Crippen molar-refractivity contribution in [2.75, 3.05) is 26.8 Å². The molecule has 0 spiro atoms. The molecular weight excluding hydrogens is 346 g/mol. The zero-order valence-electron chi connectivity index (χ0n) is 15.6. The van der Waals surface area contributed by atoms with Crippen LogP contribution in [0.15, 0.2) is 30.3 Å². The van der Waals surface area contributed by atoms with E-state index in [0.29, 0.717) is 32.4 Å². The molecule has 1 saturated heterocycles. The summed E-state index contributed by atoms with van der Waals surface area (Å²) >= 11 is 0. The van der Waals surface area contributed by atoms with Crippen LogP contribution in [0.2, 0.25) is 0 Å². The van der Waals surface area contributed by atoms with Crippen LogP contribution in [0.25, 0.3) is 0 Å². The average molecular weight is 373 g/mol. The van der Waals surface area contributed by atoms with E-state index in [1.54, 1.807) is 0 Å². The molecule has 0 bridgehead atoms. The van der Waals surface area contributed by atoms with Gasteiger partial charge in [0.15, 0.2) is 0 Å². The quantitative estimate of drug-likeness (QED) is 0.755. The number of benzene rings is 1. The van der Waals surface area contributed by atoms with Crippen molar-refractivity contribution in [1.82, 2.24) is 15.5 Å². The summed E-state index contributed by atoms with van der Waals surface area (Å²) in [5, 5.41) is 5.90. The van der Waals surface area contributed by atoms with Crippen LogP contribution in [-0.2, 0) is 20.7 Å². The Morgan fingerprint density at radius 3 is 2.78 bits per heavy atom. The zero-order valence-corrected chi connectivity index (χ0v) is 15.6. The number of fused-ring (bicyclic) bond motifs is 1. The number of carbonyl (C=O) groups is 3. The molecule has 0 radical (unpaired) electrons. The lowest BCUT2D eigenvalue weighted by atomic mass is 9.76. The lowest BCUT2D eigenvalue weighted by Crippen LogP contribution is -2.62. The van der Waals surface area contributed by atoms with Crippen LogP contribution >= 0.6 is 0 Å². The molecule has 1 aliphatic carbocycles. The first-order valence-corrected chi connectivity index (χ1v) is 9.52. The highest BCUT2D eigenvalue weighted by Crippen LogP contribution is 2.33. The highest BCUT2D eigenvalue weighted by atomic mass is 16.5. The number of urea groups is 1. The number of nitrogens with zero attached hydrogens (tertiary/aromatic N) is 1. The number of methoxy groups -OCH3 is 1. The third kappa shape index (κ3) is 4.66. The SMILES string of the molecule is COCCN1C(=O)NC2CC(C(=O)NCCc3ccccc3)CCC2C1=O. The number of hydrogen-bond donors (Lipinski definition) is 2. The third-order valence-electron chi connectivity index (χ3n) is 5.43. The number of carbonyl (C=O) groups excluding carboxylic acids is 3. The first-order chi connectivity index (χ1) is 13.1. The number of nitrogens with one attached hydrogen (secondary N) is 2. The Bertz CT molecular complexity index is 679. The molecule has 1 aromatic rings. The largest absolute Gasteiger partial charge is 0.383 e. The van der Waals surface area contributed by atoms with E-state index in [4.69, 9.17) is 4.74 Å². The molecule has 3 unspecified atom stereocenters. The Kier molecular flexibility index (Phi) is 6.45. The molecule has 2 fully saturated rings.